The lowest BCUT2D eigenvalue weighted by molar-refractivity contribution is 0.797. The van der Waals surface area contributed by atoms with Crippen LogP contribution in [0.5, 0.6) is 0 Å². The molecule has 0 aliphatic rings. The summed E-state index contributed by atoms with van der Waals surface area (Å²) >= 11 is 0. The Morgan fingerprint density at radius 2 is 2.25 bits per heavy atom. The molecule has 1 heterocycles. The van der Waals surface area contributed by atoms with Crippen molar-refractivity contribution in [1.29, 1.82) is 0 Å². The largest absolute Gasteiger partial charge is 0.366 e. The van der Waals surface area contributed by atoms with E-state index in [9.17, 15) is 4.79 Å². The first-order chi connectivity index (χ1) is 5.66. The van der Waals surface area contributed by atoms with Crippen LogP contribution in [0.4, 0.5) is 5.95 Å². The highest BCUT2D eigenvalue weighted by Crippen LogP contribution is 1.88. The molecule has 0 atom stereocenters. The minimum Gasteiger partial charge on any atom is -0.366 e. The zero-order valence-corrected chi connectivity index (χ0v) is 6.40. The van der Waals surface area contributed by atoms with Gasteiger partial charge in [0.2, 0.25) is 5.95 Å². The van der Waals surface area contributed by atoms with Gasteiger partial charge in [-0.1, -0.05) is 6.08 Å². The molecule has 0 radical (unpaired) electrons. The van der Waals surface area contributed by atoms with E-state index in [0.29, 0.717) is 6.42 Å². The standard InChI is InChI=1S/C6H9N5O/c1-2-3-4-5(12)11(8)6(7)10-9-4/h2H,1,3,8H2,(H2,7,10). The molecular weight excluding hydrogens is 158 g/mol. The number of allylic oxidation sites excluding steroid dienone is 1. The Labute approximate surface area is 68.5 Å². The third-order valence-electron chi connectivity index (χ3n) is 1.32. The first-order valence-corrected chi connectivity index (χ1v) is 3.27. The Morgan fingerprint density at radius 3 is 2.83 bits per heavy atom. The van der Waals surface area contributed by atoms with E-state index in [2.05, 4.69) is 16.8 Å². The smallest absolute Gasteiger partial charge is 0.295 e. The molecule has 0 unspecified atom stereocenters. The van der Waals surface area contributed by atoms with Crippen LogP contribution in [-0.4, -0.2) is 14.9 Å². The van der Waals surface area contributed by atoms with Crippen LogP contribution in [0.1, 0.15) is 5.69 Å². The van der Waals surface area contributed by atoms with E-state index >= 15 is 0 Å². The average molecular weight is 167 g/mol. The molecule has 0 saturated heterocycles. The molecule has 64 valence electrons. The summed E-state index contributed by atoms with van der Waals surface area (Å²) in [6.45, 7) is 3.46. The van der Waals surface area contributed by atoms with Gasteiger partial charge < -0.3 is 11.6 Å². The van der Waals surface area contributed by atoms with Crippen molar-refractivity contribution in [2.24, 2.45) is 0 Å². The molecule has 0 amide bonds. The zero-order chi connectivity index (χ0) is 9.14. The quantitative estimate of drug-likeness (QED) is 0.419. The van der Waals surface area contributed by atoms with E-state index in [0.717, 1.165) is 4.68 Å². The topological polar surface area (TPSA) is 99.8 Å². The summed E-state index contributed by atoms with van der Waals surface area (Å²) in [4.78, 5) is 11.2. The lowest BCUT2D eigenvalue weighted by atomic mass is 10.3. The molecule has 0 aromatic carbocycles. The van der Waals surface area contributed by atoms with Crippen molar-refractivity contribution >= 4 is 5.95 Å². The number of hydrogen-bond acceptors (Lipinski definition) is 5. The second-order valence-corrected chi connectivity index (χ2v) is 2.17. The maximum absolute atomic E-state index is 11.2. The van der Waals surface area contributed by atoms with E-state index in [1.54, 1.807) is 6.08 Å². The van der Waals surface area contributed by atoms with E-state index in [1.165, 1.54) is 0 Å². The molecule has 0 spiro atoms. The molecular formula is C6H9N5O. The normalized spacial score (nSPS) is 9.67. The van der Waals surface area contributed by atoms with E-state index in [-0.39, 0.29) is 11.6 Å². The van der Waals surface area contributed by atoms with E-state index in [4.69, 9.17) is 11.6 Å². The Bertz CT molecular complexity index is 355. The van der Waals surface area contributed by atoms with Crippen LogP contribution >= 0.6 is 0 Å². The molecule has 1 rings (SSSR count). The second kappa shape index (κ2) is 3.04. The third kappa shape index (κ3) is 1.26. The fourth-order valence-corrected chi connectivity index (χ4v) is 0.710. The number of nitrogens with two attached hydrogens (primary N) is 2. The predicted octanol–water partition coefficient (Wildman–Crippen LogP) is -1.34. The van der Waals surface area contributed by atoms with Gasteiger partial charge in [-0.3, -0.25) is 4.79 Å². The van der Waals surface area contributed by atoms with E-state index < -0.39 is 5.56 Å². The van der Waals surface area contributed by atoms with Crippen molar-refractivity contribution in [1.82, 2.24) is 14.9 Å². The molecule has 12 heavy (non-hydrogen) atoms. The van der Waals surface area contributed by atoms with Gasteiger partial charge in [-0.05, 0) is 0 Å². The first kappa shape index (κ1) is 8.25. The lowest BCUT2D eigenvalue weighted by Gasteiger charge is -2.01. The van der Waals surface area contributed by atoms with Gasteiger partial charge in [-0.2, -0.15) is 4.68 Å². The minimum absolute atomic E-state index is 0.104. The summed E-state index contributed by atoms with van der Waals surface area (Å²) in [6.07, 6.45) is 1.88. The van der Waals surface area contributed by atoms with Crippen LogP contribution in [0, 0.1) is 0 Å². The van der Waals surface area contributed by atoms with Gasteiger partial charge >= 0.3 is 0 Å². The fourth-order valence-electron chi connectivity index (χ4n) is 0.710. The van der Waals surface area contributed by atoms with Crippen molar-refractivity contribution < 1.29 is 0 Å². The Kier molecular flexibility index (Phi) is 2.09. The summed E-state index contributed by atoms with van der Waals surface area (Å²) in [5, 5.41) is 7.04. The van der Waals surface area contributed by atoms with Crippen LogP contribution in [0.3, 0.4) is 0 Å². The predicted molar refractivity (Wildman–Crippen MR) is 44.8 cm³/mol. The van der Waals surface area contributed by atoms with Gasteiger partial charge in [-0.15, -0.1) is 16.8 Å². The Balaban J connectivity index is 3.26. The number of hydrogen-bond donors (Lipinski definition) is 2. The SMILES string of the molecule is C=CCc1nnc(N)n(N)c1=O. The van der Waals surface area contributed by atoms with Crippen LogP contribution < -0.4 is 17.1 Å². The van der Waals surface area contributed by atoms with Gasteiger partial charge in [0, 0.05) is 6.42 Å². The average Bonchev–Trinajstić information content (AvgIpc) is 2.07. The number of nitrogens with zero attached hydrogens (tertiary/aromatic N) is 3. The highest BCUT2D eigenvalue weighted by Gasteiger charge is 2.04. The molecule has 6 nitrogen and oxygen atoms in total. The van der Waals surface area contributed by atoms with Crippen LogP contribution in [0.2, 0.25) is 0 Å². The monoisotopic (exact) mass is 167 g/mol. The highest BCUT2D eigenvalue weighted by molar-refractivity contribution is 5.16. The molecule has 4 N–H and O–H groups in total. The lowest BCUT2D eigenvalue weighted by Crippen LogP contribution is -2.34. The molecule has 0 fully saturated rings. The molecule has 1 aromatic rings. The van der Waals surface area contributed by atoms with Gasteiger partial charge in [0.15, 0.2) is 0 Å². The molecule has 0 saturated carbocycles. The summed E-state index contributed by atoms with van der Waals surface area (Å²) in [5.41, 5.74) is 5.02. The van der Waals surface area contributed by atoms with E-state index in [1.807, 2.05) is 0 Å². The van der Waals surface area contributed by atoms with Gasteiger partial charge in [0.05, 0.1) is 0 Å². The minimum atomic E-state index is -0.442. The highest BCUT2D eigenvalue weighted by atomic mass is 16.1. The molecule has 1 aromatic heterocycles. The van der Waals surface area contributed by atoms with Gasteiger partial charge in [-0.25, -0.2) is 0 Å². The summed E-state index contributed by atoms with van der Waals surface area (Å²) in [5.74, 6) is 5.15. The summed E-state index contributed by atoms with van der Waals surface area (Å²) < 4.78 is 0.756. The maximum atomic E-state index is 11.2. The molecule has 0 aliphatic heterocycles. The first-order valence-electron chi connectivity index (χ1n) is 3.27. The molecule has 0 aliphatic carbocycles. The van der Waals surface area contributed by atoms with Crippen LogP contribution in [0.15, 0.2) is 17.4 Å². The van der Waals surface area contributed by atoms with Crippen molar-refractivity contribution in [3.05, 3.63) is 28.7 Å². The number of aromatic nitrogens is 3. The van der Waals surface area contributed by atoms with Crippen LogP contribution in [-0.2, 0) is 6.42 Å². The summed E-state index contributed by atoms with van der Waals surface area (Å²) in [7, 11) is 0. The zero-order valence-electron chi connectivity index (χ0n) is 6.40. The van der Waals surface area contributed by atoms with Gasteiger partial charge in [0.1, 0.15) is 5.69 Å². The number of rotatable bonds is 2. The van der Waals surface area contributed by atoms with Crippen molar-refractivity contribution in [2.45, 2.75) is 6.42 Å². The molecule has 0 bridgehead atoms. The van der Waals surface area contributed by atoms with Crippen LogP contribution in [0.25, 0.3) is 0 Å². The number of nitrogen functional groups attached to an aromatic ring is 2. The fraction of sp³-hybridized carbons (Fsp3) is 0.167. The summed E-state index contributed by atoms with van der Waals surface area (Å²) in [6, 6.07) is 0. The molecule has 6 heteroatoms. The van der Waals surface area contributed by atoms with Crippen molar-refractivity contribution in [3.8, 4) is 0 Å². The van der Waals surface area contributed by atoms with Gasteiger partial charge in [0.25, 0.3) is 5.56 Å². The third-order valence-corrected chi connectivity index (χ3v) is 1.32. The van der Waals surface area contributed by atoms with Crippen molar-refractivity contribution in [3.63, 3.8) is 0 Å². The Morgan fingerprint density at radius 1 is 1.58 bits per heavy atom. The van der Waals surface area contributed by atoms with Crippen molar-refractivity contribution in [2.75, 3.05) is 11.6 Å². The maximum Gasteiger partial charge on any atom is 0.295 e. The second-order valence-electron chi connectivity index (χ2n) is 2.17. The Hall–Kier alpha value is -1.85. The number of anilines is 1.